The van der Waals surface area contributed by atoms with Gasteiger partial charge in [0.05, 0.1) is 24.9 Å². The van der Waals surface area contributed by atoms with E-state index in [2.05, 4.69) is 20.8 Å². The highest BCUT2D eigenvalue weighted by Gasteiger charge is 2.16. The van der Waals surface area contributed by atoms with Crippen molar-refractivity contribution in [2.24, 2.45) is 4.99 Å². The number of nitrogens with zero attached hydrogens (tertiary/aromatic N) is 3. The maximum absolute atomic E-state index is 11.8. The highest BCUT2D eigenvalue weighted by Crippen LogP contribution is 2.13. The number of carbonyl (C=O) groups is 1. The van der Waals surface area contributed by atoms with Crippen LogP contribution >= 0.6 is 24.0 Å². The average Bonchev–Trinajstić information content (AvgIpc) is 3.17. The Balaban J connectivity index is 0.00000312. The van der Waals surface area contributed by atoms with E-state index in [1.807, 2.05) is 13.8 Å². The van der Waals surface area contributed by atoms with Crippen LogP contribution in [0.2, 0.25) is 0 Å². The molecule has 1 fully saturated rings. The minimum atomic E-state index is -0.0149. The van der Waals surface area contributed by atoms with E-state index in [9.17, 15) is 4.79 Å². The van der Waals surface area contributed by atoms with E-state index in [1.54, 1.807) is 19.0 Å². The number of guanidine groups is 1. The number of likely N-dealkylation sites (N-methyl/N-ethyl adjacent to an activating group) is 1. The number of amides is 1. The van der Waals surface area contributed by atoms with Gasteiger partial charge in [-0.1, -0.05) is 5.16 Å². The number of nitrogens with one attached hydrogen (secondary N) is 2. The van der Waals surface area contributed by atoms with Gasteiger partial charge in [-0.25, -0.2) is 4.99 Å². The molecule has 2 heterocycles. The lowest BCUT2D eigenvalue weighted by molar-refractivity contribution is -0.127. The Labute approximate surface area is 165 Å². The third-order valence-electron chi connectivity index (χ3n) is 4.00. The van der Waals surface area contributed by atoms with Crippen LogP contribution in [0.1, 0.15) is 29.9 Å². The zero-order valence-electron chi connectivity index (χ0n) is 15.3. The van der Waals surface area contributed by atoms with Crippen LogP contribution in [0.15, 0.2) is 9.52 Å². The van der Waals surface area contributed by atoms with E-state index in [0.717, 1.165) is 36.5 Å². The lowest BCUT2D eigenvalue weighted by atomic mass is 10.2. The summed E-state index contributed by atoms with van der Waals surface area (Å²) in [6.45, 7) is 5.87. The lowest BCUT2D eigenvalue weighted by Gasteiger charge is -2.17. The monoisotopic (exact) mass is 465 g/mol. The van der Waals surface area contributed by atoms with Gasteiger partial charge >= 0.3 is 0 Å². The summed E-state index contributed by atoms with van der Waals surface area (Å²) in [6.07, 6.45) is 2.33. The summed E-state index contributed by atoms with van der Waals surface area (Å²) in [5.74, 6) is 1.33. The number of hydrogen-bond donors (Lipinski definition) is 2. The molecule has 2 rings (SSSR count). The number of aliphatic imine (C=N–C) groups is 1. The van der Waals surface area contributed by atoms with Crippen molar-refractivity contribution >= 4 is 35.8 Å². The van der Waals surface area contributed by atoms with Crippen molar-refractivity contribution < 1.29 is 14.1 Å². The van der Waals surface area contributed by atoms with Crippen molar-refractivity contribution in [3.8, 4) is 0 Å². The van der Waals surface area contributed by atoms with Gasteiger partial charge in [0.2, 0.25) is 5.91 Å². The maximum atomic E-state index is 11.8. The summed E-state index contributed by atoms with van der Waals surface area (Å²) in [4.78, 5) is 17.9. The van der Waals surface area contributed by atoms with E-state index in [1.165, 1.54) is 0 Å². The molecule has 0 aliphatic carbocycles. The van der Waals surface area contributed by atoms with Gasteiger partial charge in [-0.15, -0.1) is 24.0 Å². The van der Waals surface area contributed by atoms with Gasteiger partial charge in [-0.2, -0.15) is 0 Å². The standard InChI is InChI=1S/C16H27N5O3.HI/c1-11-14(12(2)24-20-11)9-18-16(19-10-15(22)21(3)4)17-8-13-6-5-7-23-13;/h13H,5-10H2,1-4H3,(H2,17,18,19);1H. The molecule has 25 heavy (non-hydrogen) atoms. The number of halogens is 1. The molecule has 0 radical (unpaired) electrons. The van der Waals surface area contributed by atoms with E-state index < -0.39 is 0 Å². The van der Waals surface area contributed by atoms with Gasteiger partial charge in [0.1, 0.15) is 5.76 Å². The summed E-state index contributed by atoms with van der Waals surface area (Å²) in [6, 6.07) is 0. The Kier molecular flexibility index (Phi) is 9.19. The third kappa shape index (κ3) is 6.81. The van der Waals surface area contributed by atoms with Crippen LogP contribution in [0.3, 0.4) is 0 Å². The number of aromatic nitrogens is 1. The highest BCUT2D eigenvalue weighted by atomic mass is 127. The largest absolute Gasteiger partial charge is 0.376 e. The first-order chi connectivity index (χ1) is 11.5. The first-order valence-electron chi connectivity index (χ1n) is 8.23. The average molecular weight is 465 g/mol. The molecule has 9 heteroatoms. The number of hydrogen-bond acceptors (Lipinski definition) is 5. The number of rotatable bonds is 6. The molecule has 0 aromatic carbocycles. The molecule has 1 amide bonds. The van der Waals surface area contributed by atoms with Crippen molar-refractivity contribution in [3.05, 3.63) is 17.0 Å². The first kappa shape index (κ1) is 21.7. The molecule has 1 aliphatic heterocycles. The third-order valence-corrected chi connectivity index (χ3v) is 4.00. The molecule has 0 bridgehead atoms. The Morgan fingerprint density at radius 3 is 2.68 bits per heavy atom. The molecule has 1 unspecified atom stereocenters. The molecule has 1 aromatic heterocycles. The normalized spacial score (nSPS) is 17.1. The predicted octanol–water partition coefficient (Wildman–Crippen LogP) is 1.21. The van der Waals surface area contributed by atoms with Gasteiger partial charge in [0.15, 0.2) is 5.96 Å². The van der Waals surface area contributed by atoms with Crippen LogP contribution < -0.4 is 10.6 Å². The van der Waals surface area contributed by atoms with Crippen LogP contribution in [-0.2, 0) is 16.1 Å². The zero-order chi connectivity index (χ0) is 17.5. The molecule has 1 atom stereocenters. The molecule has 2 N–H and O–H groups in total. The van der Waals surface area contributed by atoms with Crippen molar-refractivity contribution in [2.45, 2.75) is 39.3 Å². The lowest BCUT2D eigenvalue weighted by Crippen LogP contribution is -2.45. The number of aryl methyl sites for hydroxylation is 2. The van der Waals surface area contributed by atoms with E-state index >= 15 is 0 Å². The second kappa shape index (κ2) is 10.6. The van der Waals surface area contributed by atoms with Crippen molar-refractivity contribution in [3.63, 3.8) is 0 Å². The summed E-state index contributed by atoms with van der Waals surface area (Å²) < 4.78 is 10.8. The second-order valence-electron chi connectivity index (χ2n) is 6.13. The summed E-state index contributed by atoms with van der Waals surface area (Å²) in [7, 11) is 3.45. The topological polar surface area (TPSA) is 92.0 Å². The first-order valence-corrected chi connectivity index (χ1v) is 8.23. The van der Waals surface area contributed by atoms with Crippen molar-refractivity contribution in [1.29, 1.82) is 0 Å². The highest BCUT2D eigenvalue weighted by molar-refractivity contribution is 14.0. The van der Waals surface area contributed by atoms with Gasteiger partial charge in [0, 0.05) is 32.8 Å². The fourth-order valence-corrected chi connectivity index (χ4v) is 2.39. The number of ether oxygens (including phenoxy) is 1. The van der Waals surface area contributed by atoms with Gasteiger partial charge < -0.3 is 24.8 Å². The van der Waals surface area contributed by atoms with Crippen LogP contribution in [-0.4, -0.2) is 61.8 Å². The van der Waals surface area contributed by atoms with Gasteiger partial charge in [0.25, 0.3) is 0 Å². The fraction of sp³-hybridized carbons (Fsp3) is 0.688. The van der Waals surface area contributed by atoms with E-state index in [0.29, 0.717) is 19.0 Å². The Morgan fingerprint density at radius 2 is 2.12 bits per heavy atom. The molecule has 1 aromatic rings. The Morgan fingerprint density at radius 1 is 1.36 bits per heavy atom. The van der Waals surface area contributed by atoms with Gasteiger partial charge in [-0.3, -0.25) is 4.79 Å². The predicted molar refractivity (Wildman–Crippen MR) is 106 cm³/mol. The van der Waals surface area contributed by atoms with Crippen molar-refractivity contribution in [1.82, 2.24) is 20.7 Å². The van der Waals surface area contributed by atoms with Crippen LogP contribution in [0.5, 0.6) is 0 Å². The zero-order valence-corrected chi connectivity index (χ0v) is 17.6. The number of carbonyl (C=O) groups excluding carboxylic acids is 1. The summed E-state index contributed by atoms with van der Waals surface area (Å²) in [5, 5.41) is 10.3. The molecule has 1 aliphatic rings. The van der Waals surface area contributed by atoms with Crippen LogP contribution in [0.4, 0.5) is 0 Å². The van der Waals surface area contributed by atoms with E-state index in [-0.39, 0.29) is 42.5 Å². The fourth-order valence-electron chi connectivity index (χ4n) is 2.39. The molecule has 1 saturated heterocycles. The quantitative estimate of drug-likeness (QED) is 0.373. The Hall–Kier alpha value is -1.36. The molecule has 142 valence electrons. The molecule has 0 spiro atoms. The summed E-state index contributed by atoms with van der Waals surface area (Å²) >= 11 is 0. The minimum absolute atomic E-state index is 0. The maximum Gasteiger partial charge on any atom is 0.241 e. The van der Waals surface area contributed by atoms with Crippen LogP contribution in [0, 0.1) is 13.8 Å². The molecule has 0 saturated carbocycles. The summed E-state index contributed by atoms with van der Waals surface area (Å²) in [5.41, 5.74) is 1.80. The second-order valence-corrected chi connectivity index (χ2v) is 6.13. The smallest absolute Gasteiger partial charge is 0.241 e. The van der Waals surface area contributed by atoms with E-state index in [4.69, 9.17) is 9.26 Å². The van der Waals surface area contributed by atoms with Crippen molar-refractivity contribution in [2.75, 3.05) is 33.8 Å². The molecular formula is C16H28IN5O3. The minimum Gasteiger partial charge on any atom is -0.376 e. The molecule has 8 nitrogen and oxygen atoms in total. The van der Waals surface area contributed by atoms with Gasteiger partial charge in [-0.05, 0) is 26.7 Å². The Bertz CT molecular complexity index is 563. The van der Waals surface area contributed by atoms with Crippen LogP contribution in [0.25, 0.3) is 0 Å². The molecular weight excluding hydrogens is 437 g/mol. The SMILES string of the molecule is Cc1noc(C)c1CN=C(NCC(=O)N(C)C)NCC1CCCO1.I.